The fourth-order valence-corrected chi connectivity index (χ4v) is 4.23. The molecular weight excluding hydrogens is 391 g/mol. The summed E-state index contributed by atoms with van der Waals surface area (Å²) in [5.74, 6) is -0.443. The summed E-state index contributed by atoms with van der Waals surface area (Å²) in [6, 6.07) is 15.0. The lowest BCUT2D eigenvalue weighted by atomic mass is 10.1. The van der Waals surface area contributed by atoms with Gasteiger partial charge in [0.05, 0.1) is 28.9 Å². The molecule has 2 aromatic carbocycles. The van der Waals surface area contributed by atoms with Gasteiger partial charge in [0, 0.05) is 10.1 Å². The van der Waals surface area contributed by atoms with E-state index in [1.807, 2.05) is 0 Å². The predicted molar refractivity (Wildman–Crippen MR) is 111 cm³/mol. The van der Waals surface area contributed by atoms with Crippen molar-refractivity contribution in [3.8, 4) is 0 Å². The molecule has 146 valence electrons. The van der Waals surface area contributed by atoms with Gasteiger partial charge < -0.3 is 15.1 Å². The summed E-state index contributed by atoms with van der Waals surface area (Å²) in [6.45, 7) is 1.96. The van der Waals surface area contributed by atoms with E-state index in [1.54, 1.807) is 55.5 Å². The Hall–Kier alpha value is -3.45. The van der Waals surface area contributed by atoms with Gasteiger partial charge in [0.2, 0.25) is 0 Å². The van der Waals surface area contributed by atoms with Crippen molar-refractivity contribution in [3.63, 3.8) is 0 Å². The fourth-order valence-electron chi connectivity index (χ4n) is 3.11. The number of fused-ring (bicyclic) bond motifs is 1. The third-order valence-electron chi connectivity index (χ3n) is 4.53. The maximum Gasteiger partial charge on any atom is 0.266 e. The summed E-state index contributed by atoms with van der Waals surface area (Å²) in [5.41, 5.74) is 1.30. The van der Waals surface area contributed by atoms with Gasteiger partial charge in [0.1, 0.15) is 11.6 Å². The van der Waals surface area contributed by atoms with Crippen LogP contribution in [0, 0.1) is 12.7 Å². The molecule has 0 aliphatic carbocycles. The molecule has 0 saturated heterocycles. The topological polar surface area (TPSA) is 71.3 Å². The normalized spacial score (nSPS) is 10.8. The van der Waals surface area contributed by atoms with Crippen LogP contribution < -0.4 is 10.6 Å². The Balaban J connectivity index is 1.57. The van der Waals surface area contributed by atoms with Gasteiger partial charge in [-0.25, -0.2) is 4.39 Å². The molecule has 0 aliphatic rings. The lowest BCUT2D eigenvalue weighted by Crippen LogP contribution is -2.24. The van der Waals surface area contributed by atoms with Crippen molar-refractivity contribution >= 4 is 38.9 Å². The number of hydrogen-bond donors (Lipinski definition) is 2. The third kappa shape index (κ3) is 3.77. The van der Waals surface area contributed by atoms with Crippen molar-refractivity contribution in [1.82, 2.24) is 5.32 Å². The van der Waals surface area contributed by atoms with Crippen molar-refractivity contribution in [2.45, 2.75) is 13.5 Å². The molecule has 5 nitrogen and oxygen atoms in total. The molecule has 0 aliphatic heterocycles. The number of rotatable bonds is 5. The average Bonchev–Trinajstić information content (AvgIpc) is 3.35. The van der Waals surface area contributed by atoms with Crippen molar-refractivity contribution in [2.24, 2.45) is 0 Å². The van der Waals surface area contributed by atoms with Crippen molar-refractivity contribution in [2.75, 3.05) is 5.32 Å². The molecule has 2 N–H and O–H groups in total. The van der Waals surface area contributed by atoms with Crippen LogP contribution in [0.15, 0.2) is 65.3 Å². The Bertz CT molecular complexity index is 1200. The van der Waals surface area contributed by atoms with Gasteiger partial charge in [-0.1, -0.05) is 18.2 Å². The van der Waals surface area contributed by atoms with Gasteiger partial charge in [-0.15, -0.1) is 11.3 Å². The van der Waals surface area contributed by atoms with E-state index >= 15 is 0 Å². The zero-order valence-corrected chi connectivity index (χ0v) is 16.3. The zero-order valence-electron chi connectivity index (χ0n) is 15.5. The number of anilines is 1. The number of para-hydroxylation sites is 1. The Morgan fingerprint density at radius 2 is 1.86 bits per heavy atom. The Morgan fingerprint density at radius 3 is 2.62 bits per heavy atom. The van der Waals surface area contributed by atoms with E-state index in [4.69, 9.17) is 4.42 Å². The number of carbonyl (C=O) groups excluding carboxylic acids is 2. The van der Waals surface area contributed by atoms with Crippen LogP contribution in [0.5, 0.6) is 0 Å². The Morgan fingerprint density at radius 1 is 1.03 bits per heavy atom. The number of aryl methyl sites for hydroxylation is 1. The second-order valence-corrected chi connectivity index (χ2v) is 7.48. The average molecular weight is 408 g/mol. The maximum absolute atomic E-state index is 14.1. The number of thiophene rings is 1. The van der Waals surface area contributed by atoms with Gasteiger partial charge in [-0.3, -0.25) is 9.59 Å². The molecule has 0 saturated carbocycles. The minimum Gasteiger partial charge on any atom is -0.467 e. The quantitative estimate of drug-likeness (QED) is 0.481. The summed E-state index contributed by atoms with van der Waals surface area (Å²) in [6.07, 6.45) is 1.53. The minimum absolute atomic E-state index is 0.239. The number of furan rings is 1. The standard InChI is InChI=1S/C22H17FN2O3S/c1-13-19-16(23)8-4-10-18(19)29-20(13)22(27)25-17-9-3-2-7-15(17)21(26)24-12-14-6-5-11-28-14/h2-11H,12H2,1H3,(H,24,26)(H,25,27). The summed E-state index contributed by atoms with van der Waals surface area (Å²) >= 11 is 1.22. The molecule has 7 heteroatoms. The van der Waals surface area contributed by atoms with Crippen LogP contribution in [0.1, 0.15) is 31.4 Å². The number of nitrogens with one attached hydrogen (secondary N) is 2. The monoisotopic (exact) mass is 408 g/mol. The molecule has 2 amide bonds. The number of halogens is 1. The first-order valence-electron chi connectivity index (χ1n) is 8.93. The smallest absolute Gasteiger partial charge is 0.266 e. The van der Waals surface area contributed by atoms with Crippen LogP contribution in [0.2, 0.25) is 0 Å². The van der Waals surface area contributed by atoms with Crippen LogP contribution in [0.4, 0.5) is 10.1 Å². The maximum atomic E-state index is 14.1. The predicted octanol–water partition coefficient (Wildman–Crippen LogP) is 5.12. The van der Waals surface area contributed by atoms with Crippen LogP contribution >= 0.6 is 11.3 Å². The molecule has 0 unspecified atom stereocenters. The molecule has 0 fully saturated rings. The first kappa shape index (κ1) is 18.9. The summed E-state index contributed by atoms with van der Waals surface area (Å²) < 4.78 is 20.1. The van der Waals surface area contributed by atoms with Gasteiger partial charge in [-0.2, -0.15) is 0 Å². The van der Waals surface area contributed by atoms with Crippen molar-refractivity contribution < 1.29 is 18.4 Å². The number of carbonyl (C=O) groups is 2. The molecule has 0 spiro atoms. The lowest BCUT2D eigenvalue weighted by molar-refractivity contribution is 0.0949. The molecule has 2 aromatic heterocycles. The van der Waals surface area contributed by atoms with E-state index in [0.29, 0.717) is 37.5 Å². The van der Waals surface area contributed by atoms with E-state index in [1.165, 1.54) is 23.7 Å². The lowest BCUT2D eigenvalue weighted by Gasteiger charge is -2.11. The Labute approximate surface area is 170 Å². The third-order valence-corrected chi connectivity index (χ3v) is 5.79. The number of amides is 2. The highest BCUT2D eigenvalue weighted by molar-refractivity contribution is 7.21. The number of benzene rings is 2. The second kappa shape index (κ2) is 7.89. The van der Waals surface area contributed by atoms with Gasteiger partial charge in [0.15, 0.2) is 0 Å². The van der Waals surface area contributed by atoms with Crippen LogP contribution in [-0.4, -0.2) is 11.8 Å². The van der Waals surface area contributed by atoms with Crippen molar-refractivity contribution in [3.05, 3.63) is 88.4 Å². The first-order chi connectivity index (χ1) is 14.0. The van der Waals surface area contributed by atoms with E-state index < -0.39 is 0 Å². The second-order valence-electron chi connectivity index (χ2n) is 6.43. The Kier molecular flexibility index (Phi) is 5.14. The largest absolute Gasteiger partial charge is 0.467 e. The van der Waals surface area contributed by atoms with Crippen LogP contribution in [-0.2, 0) is 6.54 Å². The fraction of sp³-hybridized carbons (Fsp3) is 0.0909. The minimum atomic E-state index is -0.380. The summed E-state index contributed by atoms with van der Waals surface area (Å²) in [4.78, 5) is 25.9. The first-order valence-corrected chi connectivity index (χ1v) is 9.75. The number of hydrogen-bond acceptors (Lipinski definition) is 4. The van der Waals surface area contributed by atoms with E-state index in [9.17, 15) is 14.0 Å². The van der Waals surface area contributed by atoms with Gasteiger partial charge in [-0.05, 0) is 48.9 Å². The molecule has 0 atom stereocenters. The molecule has 4 aromatic rings. The summed E-state index contributed by atoms with van der Waals surface area (Å²) in [5, 5.41) is 6.00. The van der Waals surface area contributed by atoms with Gasteiger partial charge in [0.25, 0.3) is 11.8 Å². The summed E-state index contributed by atoms with van der Waals surface area (Å²) in [7, 11) is 0. The van der Waals surface area contributed by atoms with Crippen molar-refractivity contribution in [1.29, 1.82) is 0 Å². The highest BCUT2D eigenvalue weighted by atomic mass is 32.1. The molecule has 2 heterocycles. The molecule has 4 rings (SSSR count). The van der Waals surface area contributed by atoms with E-state index in [-0.39, 0.29) is 24.2 Å². The van der Waals surface area contributed by atoms with Gasteiger partial charge >= 0.3 is 0 Å². The zero-order chi connectivity index (χ0) is 20.4. The molecular formula is C22H17FN2O3S. The molecule has 0 radical (unpaired) electrons. The highest BCUT2D eigenvalue weighted by Gasteiger charge is 2.20. The molecule has 0 bridgehead atoms. The van der Waals surface area contributed by atoms with E-state index in [0.717, 1.165) is 0 Å². The highest BCUT2D eigenvalue weighted by Crippen LogP contribution is 2.33. The SMILES string of the molecule is Cc1c(C(=O)Nc2ccccc2C(=O)NCc2ccco2)sc2cccc(F)c12. The van der Waals surface area contributed by atoms with Crippen LogP contribution in [0.25, 0.3) is 10.1 Å². The van der Waals surface area contributed by atoms with Crippen LogP contribution in [0.3, 0.4) is 0 Å². The molecule has 29 heavy (non-hydrogen) atoms. The van der Waals surface area contributed by atoms with E-state index in [2.05, 4.69) is 10.6 Å².